The summed E-state index contributed by atoms with van der Waals surface area (Å²) in [7, 11) is 1.83. The van der Waals surface area contributed by atoms with Crippen LogP contribution in [0.25, 0.3) is 0 Å². The molecule has 1 aromatic carbocycles. The Kier molecular flexibility index (Phi) is 5.05. The Hall–Kier alpha value is -1.07. The van der Waals surface area contributed by atoms with Crippen LogP contribution in [0.5, 0.6) is 0 Å². The SMILES string of the molecule is CNC(CCC1CCCO1)c1ccc(C(F)(F)F)cc1. The van der Waals surface area contributed by atoms with E-state index in [9.17, 15) is 13.2 Å². The van der Waals surface area contributed by atoms with Gasteiger partial charge in [-0.1, -0.05) is 12.1 Å². The van der Waals surface area contributed by atoms with Crippen LogP contribution >= 0.6 is 0 Å². The maximum Gasteiger partial charge on any atom is 0.416 e. The summed E-state index contributed by atoms with van der Waals surface area (Å²) in [4.78, 5) is 0. The molecular weight excluding hydrogens is 267 g/mol. The summed E-state index contributed by atoms with van der Waals surface area (Å²) in [5.74, 6) is 0. The van der Waals surface area contributed by atoms with E-state index in [1.165, 1.54) is 0 Å². The summed E-state index contributed by atoms with van der Waals surface area (Å²) in [5, 5.41) is 3.16. The van der Waals surface area contributed by atoms with Crippen LogP contribution in [0.15, 0.2) is 24.3 Å². The van der Waals surface area contributed by atoms with Gasteiger partial charge in [-0.3, -0.25) is 0 Å². The minimum absolute atomic E-state index is 0.0708. The second kappa shape index (κ2) is 6.59. The summed E-state index contributed by atoms with van der Waals surface area (Å²) in [5.41, 5.74) is 0.286. The molecule has 1 heterocycles. The second-order valence-electron chi connectivity index (χ2n) is 5.17. The molecule has 1 aliphatic heterocycles. The van der Waals surface area contributed by atoms with Crippen molar-refractivity contribution in [2.45, 2.75) is 44.0 Å². The largest absolute Gasteiger partial charge is 0.416 e. The molecule has 2 atom stereocenters. The van der Waals surface area contributed by atoms with E-state index in [0.29, 0.717) is 6.10 Å². The summed E-state index contributed by atoms with van der Waals surface area (Å²) in [6.07, 6.45) is 0.0311. The Morgan fingerprint density at radius 1 is 1.30 bits per heavy atom. The van der Waals surface area contributed by atoms with E-state index >= 15 is 0 Å². The Morgan fingerprint density at radius 3 is 2.50 bits per heavy atom. The topological polar surface area (TPSA) is 21.3 Å². The Morgan fingerprint density at radius 2 is 2.00 bits per heavy atom. The van der Waals surface area contributed by atoms with Crippen molar-refractivity contribution in [3.63, 3.8) is 0 Å². The smallest absolute Gasteiger partial charge is 0.378 e. The molecule has 0 saturated carbocycles. The van der Waals surface area contributed by atoms with Crippen LogP contribution in [0.3, 0.4) is 0 Å². The first-order valence-corrected chi connectivity index (χ1v) is 6.96. The number of ether oxygens (including phenoxy) is 1. The minimum atomic E-state index is -4.27. The fourth-order valence-corrected chi connectivity index (χ4v) is 2.61. The van der Waals surface area contributed by atoms with Crippen LogP contribution < -0.4 is 5.32 Å². The number of benzene rings is 1. The molecule has 0 spiro atoms. The van der Waals surface area contributed by atoms with Gasteiger partial charge in [0.15, 0.2) is 0 Å². The molecule has 0 bridgehead atoms. The minimum Gasteiger partial charge on any atom is -0.378 e. The van der Waals surface area contributed by atoms with Gasteiger partial charge in [-0.2, -0.15) is 13.2 Å². The van der Waals surface area contributed by atoms with Gasteiger partial charge in [0.2, 0.25) is 0 Å². The number of alkyl halides is 3. The van der Waals surface area contributed by atoms with Gasteiger partial charge < -0.3 is 10.1 Å². The van der Waals surface area contributed by atoms with Crippen LogP contribution in [0, 0.1) is 0 Å². The number of rotatable bonds is 5. The van der Waals surface area contributed by atoms with E-state index in [2.05, 4.69) is 5.32 Å². The number of hydrogen-bond donors (Lipinski definition) is 1. The molecule has 2 unspecified atom stereocenters. The highest BCUT2D eigenvalue weighted by atomic mass is 19.4. The molecule has 112 valence electrons. The van der Waals surface area contributed by atoms with Crippen LogP contribution in [-0.4, -0.2) is 19.8 Å². The van der Waals surface area contributed by atoms with Gasteiger partial charge in [0.05, 0.1) is 11.7 Å². The molecule has 0 aliphatic carbocycles. The van der Waals surface area contributed by atoms with E-state index in [0.717, 1.165) is 50.0 Å². The van der Waals surface area contributed by atoms with Crippen molar-refractivity contribution in [3.8, 4) is 0 Å². The van der Waals surface area contributed by atoms with Crippen LogP contribution in [0.2, 0.25) is 0 Å². The lowest BCUT2D eigenvalue weighted by atomic mass is 9.98. The number of hydrogen-bond acceptors (Lipinski definition) is 2. The first-order chi connectivity index (χ1) is 9.50. The predicted molar refractivity (Wildman–Crippen MR) is 71.5 cm³/mol. The van der Waals surface area contributed by atoms with Gasteiger partial charge in [0.1, 0.15) is 0 Å². The summed E-state index contributed by atoms with van der Waals surface area (Å²) in [6.45, 7) is 0.829. The first-order valence-electron chi connectivity index (χ1n) is 6.96. The lowest BCUT2D eigenvalue weighted by Crippen LogP contribution is -2.19. The van der Waals surface area contributed by atoms with E-state index < -0.39 is 11.7 Å². The Labute approximate surface area is 117 Å². The monoisotopic (exact) mass is 287 g/mol. The summed E-state index contributed by atoms with van der Waals surface area (Å²) >= 11 is 0. The number of halogens is 3. The number of nitrogens with one attached hydrogen (secondary N) is 1. The van der Waals surface area contributed by atoms with E-state index in [-0.39, 0.29) is 6.04 Å². The van der Waals surface area contributed by atoms with Crippen molar-refractivity contribution in [2.24, 2.45) is 0 Å². The first kappa shape index (κ1) is 15.3. The van der Waals surface area contributed by atoms with Gasteiger partial charge in [0, 0.05) is 12.6 Å². The van der Waals surface area contributed by atoms with Crippen LogP contribution in [-0.2, 0) is 10.9 Å². The zero-order valence-electron chi connectivity index (χ0n) is 11.5. The maximum atomic E-state index is 12.5. The molecule has 5 heteroatoms. The standard InChI is InChI=1S/C15H20F3NO/c1-19-14(9-8-13-3-2-10-20-13)11-4-6-12(7-5-11)15(16,17)18/h4-7,13-14,19H,2-3,8-10H2,1H3. The molecule has 20 heavy (non-hydrogen) atoms. The van der Waals surface area contributed by atoms with E-state index in [1.807, 2.05) is 7.05 Å². The molecular formula is C15H20F3NO. The summed E-state index contributed by atoms with van der Waals surface area (Å²) < 4.78 is 43.1. The fraction of sp³-hybridized carbons (Fsp3) is 0.600. The lowest BCUT2D eigenvalue weighted by molar-refractivity contribution is -0.137. The third-order valence-electron chi connectivity index (χ3n) is 3.79. The molecule has 1 fully saturated rings. The highest BCUT2D eigenvalue weighted by Crippen LogP contribution is 2.31. The quantitative estimate of drug-likeness (QED) is 0.886. The molecule has 1 N–H and O–H groups in total. The highest BCUT2D eigenvalue weighted by Gasteiger charge is 2.30. The van der Waals surface area contributed by atoms with Crippen molar-refractivity contribution in [1.29, 1.82) is 0 Å². The highest BCUT2D eigenvalue weighted by molar-refractivity contribution is 5.26. The van der Waals surface area contributed by atoms with Crippen molar-refractivity contribution in [2.75, 3.05) is 13.7 Å². The molecule has 1 aromatic rings. The molecule has 0 amide bonds. The van der Waals surface area contributed by atoms with Gasteiger partial charge in [-0.25, -0.2) is 0 Å². The molecule has 0 radical (unpaired) electrons. The van der Waals surface area contributed by atoms with E-state index in [4.69, 9.17) is 4.74 Å². The summed E-state index contributed by atoms with van der Waals surface area (Å²) in [6, 6.07) is 5.47. The van der Waals surface area contributed by atoms with Crippen LogP contribution in [0.1, 0.15) is 42.9 Å². The van der Waals surface area contributed by atoms with Gasteiger partial charge >= 0.3 is 6.18 Å². The van der Waals surface area contributed by atoms with Crippen molar-refractivity contribution >= 4 is 0 Å². The lowest BCUT2D eigenvalue weighted by Gasteiger charge is -2.19. The third kappa shape index (κ3) is 3.96. The average Bonchev–Trinajstić information content (AvgIpc) is 2.92. The predicted octanol–water partition coefficient (Wildman–Crippen LogP) is 3.93. The van der Waals surface area contributed by atoms with Gasteiger partial charge in [0.25, 0.3) is 0 Å². The zero-order chi connectivity index (χ0) is 14.6. The average molecular weight is 287 g/mol. The van der Waals surface area contributed by atoms with Crippen LogP contribution in [0.4, 0.5) is 13.2 Å². The molecule has 2 nitrogen and oxygen atoms in total. The van der Waals surface area contributed by atoms with Crippen molar-refractivity contribution < 1.29 is 17.9 Å². The Bertz CT molecular complexity index is 410. The van der Waals surface area contributed by atoms with Gasteiger partial charge in [-0.05, 0) is 50.4 Å². The second-order valence-corrected chi connectivity index (χ2v) is 5.17. The van der Waals surface area contributed by atoms with Crippen molar-refractivity contribution in [1.82, 2.24) is 5.32 Å². The molecule has 1 saturated heterocycles. The fourth-order valence-electron chi connectivity index (χ4n) is 2.61. The Balaban J connectivity index is 1.96. The zero-order valence-corrected chi connectivity index (χ0v) is 11.5. The van der Waals surface area contributed by atoms with Gasteiger partial charge in [-0.15, -0.1) is 0 Å². The normalized spacial score (nSPS) is 21.1. The van der Waals surface area contributed by atoms with Crippen molar-refractivity contribution in [3.05, 3.63) is 35.4 Å². The molecule has 0 aromatic heterocycles. The maximum absolute atomic E-state index is 12.5. The van der Waals surface area contributed by atoms with E-state index in [1.54, 1.807) is 12.1 Å². The molecule has 2 rings (SSSR count). The third-order valence-corrected chi connectivity index (χ3v) is 3.79. The molecule has 1 aliphatic rings.